The number of aryl methyl sites for hydroxylation is 1. The Labute approximate surface area is 115 Å². The summed E-state index contributed by atoms with van der Waals surface area (Å²) in [4.78, 5) is 37.5. The van der Waals surface area contributed by atoms with Crippen LogP contribution in [0.3, 0.4) is 0 Å². The van der Waals surface area contributed by atoms with E-state index in [1.54, 1.807) is 11.0 Å². The van der Waals surface area contributed by atoms with Crippen LogP contribution in [0.15, 0.2) is 12.7 Å². The molecule has 0 aliphatic carbocycles. The van der Waals surface area contributed by atoms with E-state index in [2.05, 4.69) is 26.0 Å². The van der Waals surface area contributed by atoms with Crippen molar-refractivity contribution in [2.45, 2.75) is 31.8 Å². The van der Waals surface area contributed by atoms with Crippen LogP contribution in [0, 0.1) is 0 Å². The quantitative estimate of drug-likeness (QED) is 0.427. The van der Waals surface area contributed by atoms with E-state index in [4.69, 9.17) is 0 Å². The van der Waals surface area contributed by atoms with Crippen molar-refractivity contribution in [3.63, 3.8) is 0 Å². The smallest absolute Gasteiger partial charge is 0.322 e. The molecule has 3 N–H and O–H groups in total. The van der Waals surface area contributed by atoms with Crippen molar-refractivity contribution in [1.29, 1.82) is 0 Å². The highest BCUT2D eigenvalue weighted by molar-refractivity contribution is 6.04. The molecule has 0 spiro atoms. The van der Waals surface area contributed by atoms with Crippen molar-refractivity contribution in [2.75, 3.05) is 6.54 Å². The maximum absolute atomic E-state index is 11.6. The molecule has 108 valence electrons. The van der Waals surface area contributed by atoms with Gasteiger partial charge in [0.2, 0.25) is 5.91 Å². The van der Waals surface area contributed by atoms with Gasteiger partial charge in [-0.15, -0.1) is 0 Å². The average Bonchev–Trinajstić information content (AvgIpc) is 3.02. The third-order valence-electron chi connectivity index (χ3n) is 2.87. The number of aromatic nitrogens is 3. The summed E-state index contributed by atoms with van der Waals surface area (Å²) in [5.74, 6) is -0.522. The number of imide groups is 1. The molecule has 1 aliphatic rings. The summed E-state index contributed by atoms with van der Waals surface area (Å²) in [6.07, 6.45) is 4.31. The van der Waals surface area contributed by atoms with E-state index in [-0.39, 0.29) is 18.2 Å². The van der Waals surface area contributed by atoms with Gasteiger partial charge < -0.3 is 10.6 Å². The molecule has 4 amide bonds. The van der Waals surface area contributed by atoms with E-state index in [0.29, 0.717) is 19.5 Å². The summed E-state index contributed by atoms with van der Waals surface area (Å²) >= 11 is 0. The lowest BCUT2D eigenvalue weighted by Crippen LogP contribution is -2.32. The zero-order chi connectivity index (χ0) is 14.4. The van der Waals surface area contributed by atoms with Gasteiger partial charge in [-0.3, -0.25) is 19.6 Å². The fraction of sp³-hybridized carbons (Fsp3) is 0.545. The summed E-state index contributed by atoms with van der Waals surface area (Å²) in [6, 6.07) is -1.11. The normalized spacial score (nSPS) is 17.7. The number of rotatable bonds is 7. The zero-order valence-electron chi connectivity index (χ0n) is 10.8. The molecule has 9 nitrogen and oxygen atoms in total. The van der Waals surface area contributed by atoms with Crippen molar-refractivity contribution < 1.29 is 14.4 Å². The lowest BCUT2D eigenvalue weighted by Gasteiger charge is -2.08. The van der Waals surface area contributed by atoms with Gasteiger partial charge in [0, 0.05) is 19.5 Å². The van der Waals surface area contributed by atoms with E-state index in [9.17, 15) is 14.4 Å². The summed E-state index contributed by atoms with van der Waals surface area (Å²) in [5.41, 5.74) is 0. The topological polar surface area (TPSA) is 118 Å². The molecular weight excluding hydrogens is 264 g/mol. The fourth-order valence-corrected chi connectivity index (χ4v) is 1.84. The molecule has 1 aliphatic heterocycles. The lowest BCUT2D eigenvalue weighted by atomic mass is 10.1. The molecule has 0 unspecified atom stereocenters. The Morgan fingerprint density at radius 3 is 2.95 bits per heavy atom. The predicted molar refractivity (Wildman–Crippen MR) is 67.3 cm³/mol. The molecule has 2 heterocycles. The number of nitrogens with one attached hydrogen (secondary N) is 3. The first kappa shape index (κ1) is 14.0. The number of amides is 4. The Bertz CT molecular complexity index is 486. The van der Waals surface area contributed by atoms with E-state index < -0.39 is 12.1 Å². The van der Waals surface area contributed by atoms with Crippen LogP contribution in [-0.4, -0.2) is 45.2 Å². The van der Waals surface area contributed by atoms with Gasteiger partial charge in [0.05, 0.1) is 0 Å². The maximum atomic E-state index is 11.6. The van der Waals surface area contributed by atoms with E-state index >= 15 is 0 Å². The number of carbonyl (C=O) groups excluding carboxylic acids is 3. The minimum atomic E-state index is -0.608. The van der Waals surface area contributed by atoms with Gasteiger partial charge in [-0.2, -0.15) is 5.10 Å². The predicted octanol–water partition coefficient (Wildman–Crippen LogP) is -1.23. The van der Waals surface area contributed by atoms with Gasteiger partial charge in [-0.05, 0) is 12.8 Å². The standard InChI is InChI=1S/C11H16N6O3/c18-9(3-2-8-10(19)16-11(20)15-8)13-4-1-5-17-7-12-6-14-17/h6-8H,1-5H2,(H,13,18)(H2,15,16,19,20)/t8-/m0/s1. The maximum Gasteiger partial charge on any atom is 0.322 e. The fourth-order valence-electron chi connectivity index (χ4n) is 1.84. The van der Waals surface area contributed by atoms with Crippen molar-refractivity contribution in [1.82, 2.24) is 30.7 Å². The molecular formula is C11H16N6O3. The number of nitrogens with zero attached hydrogens (tertiary/aromatic N) is 3. The van der Waals surface area contributed by atoms with E-state index in [0.717, 1.165) is 6.42 Å². The number of hydrogen-bond acceptors (Lipinski definition) is 5. The summed E-state index contributed by atoms with van der Waals surface area (Å²) < 4.78 is 1.69. The first-order valence-electron chi connectivity index (χ1n) is 6.35. The highest BCUT2D eigenvalue weighted by atomic mass is 16.2. The summed E-state index contributed by atoms with van der Waals surface area (Å²) in [6.45, 7) is 1.21. The molecule has 1 fully saturated rings. The van der Waals surface area contributed by atoms with E-state index in [1.165, 1.54) is 6.33 Å². The number of urea groups is 1. The number of carbonyl (C=O) groups is 3. The van der Waals surface area contributed by atoms with Crippen molar-refractivity contribution in [3.8, 4) is 0 Å². The lowest BCUT2D eigenvalue weighted by molar-refractivity contribution is -0.122. The Morgan fingerprint density at radius 2 is 2.30 bits per heavy atom. The van der Waals surface area contributed by atoms with Crippen LogP contribution in [0.25, 0.3) is 0 Å². The average molecular weight is 280 g/mol. The van der Waals surface area contributed by atoms with Gasteiger partial charge in [0.25, 0.3) is 5.91 Å². The molecule has 0 aromatic carbocycles. The van der Waals surface area contributed by atoms with Crippen LogP contribution in [0.4, 0.5) is 4.79 Å². The van der Waals surface area contributed by atoms with Crippen molar-refractivity contribution in [2.24, 2.45) is 0 Å². The second-order valence-electron chi connectivity index (χ2n) is 4.42. The first-order chi connectivity index (χ1) is 9.65. The molecule has 9 heteroatoms. The second-order valence-corrected chi connectivity index (χ2v) is 4.42. The van der Waals surface area contributed by atoms with Crippen LogP contribution in [0.5, 0.6) is 0 Å². The van der Waals surface area contributed by atoms with Crippen LogP contribution in [-0.2, 0) is 16.1 Å². The largest absolute Gasteiger partial charge is 0.356 e. The Kier molecular flexibility index (Phi) is 4.64. The van der Waals surface area contributed by atoms with Crippen molar-refractivity contribution in [3.05, 3.63) is 12.7 Å². The molecule has 1 saturated heterocycles. The first-order valence-corrected chi connectivity index (χ1v) is 6.35. The molecule has 1 aromatic heterocycles. The molecule has 1 aromatic rings. The van der Waals surface area contributed by atoms with Gasteiger partial charge >= 0.3 is 6.03 Å². The number of hydrogen-bond donors (Lipinski definition) is 3. The minimum absolute atomic E-state index is 0.141. The van der Waals surface area contributed by atoms with Crippen LogP contribution < -0.4 is 16.0 Å². The van der Waals surface area contributed by atoms with Gasteiger partial charge in [0.1, 0.15) is 18.7 Å². The molecule has 20 heavy (non-hydrogen) atoms. The summed E-state index contributed by atoms with van der Waals surface area (Å²) in [5, 5.41) is 11.3. The minimum Gasteiger partial charge on any atom is -0.356 e. The van der Waals surface area contributed by atoms with Crippen LogP contribution >= 0.6 is 0 Å². The summed E-state index contributed by atoms with van der Waals surface area (Å²) in [7, 11) is 0. The molecule has 2 rings (SSSR count). The molecule has 0 bridgehead atoms. The Hall–Kier alpha value is -2.45. The van der Waals surface area contributed by atoms with Crippen molar-refractivity contribution >= 4 is 17.8 Å². The van der Waals surface area contributed by atoms with Gasteiger partial charge in [-0.1, -0.05) is 0 Å². The van der Waals surface area contributed by atoms with Crippen LogP contribution in [0.2, 0.25) is 0 Å². The highest BCUT2D eigenvalue weighted by Gasteiger charge is 2.29. The third kappa shape index (κ3) is 4.04. The monoisotopic (exact) mass is 280 g/mol. The third-order valence-corrected chi connectivity index (χ3v) is 2.87. The van der Waals surface area contributed by atoms with Crippen LogP contribution in [0.1, 0.15) is 19.3 Å². The highest BCUT2D eigenvalue weighted by Crippen LogP contribution is 2.02. The van der Waals surface area contributed by atoms with Gasteiger partial charge in [0.15, 0.2) is 0 Å². The molecule has 0 radical (unpaired) electrons. The Morgan fingerprint density at radius 1 is 1.45 bits per heavy atom. The molecule has 0 saturated carbocycles. The SMILES string of the molecule is O=C(CC[C@@H]1NC(=O)NC1=O)NCCCn1cncn1. The molecule has 1 atom stereocenters. The van der Waals surface area contributed by atoms with E-state index in [1.807, 2.05) is 0 Å². The second kappa shape index (κ2) is 6.64. The van der Waals surface area contributed by atoms with Gasteiger partial charge in [-0.25, -0.2) is 9.78 Å². The zero-order valence-corrected chi connectivity index (χ0v) is 10.8. The Balaban J connectivity index is 1.56.